The van der Waals surface area contributed by atoms with E-state index in [0.717, 1.165) is 49.0 Å². The third kappa shape index (κ3) is 3.10. The molecule has 0 aromatic heterocycles. The van der Waals surface area contributed by atoms with Gasteiger partial charge in [0.1, 0.15) is 0 Å². The number of fused-ring (bicyclic) bond motifs is 5. The van der Waals surface area contributed by atoms with Crippen molar-refractivity contribution in [3.8, 4) is 0 Å². The normalized spacial score (nSPS) is 50.7. The predicted octanol–water partition coefficient (Wildman–Crippen LogP) is 6.43. The topological polar surface area (TPSA) is 32.6 Å². The molecule has 5 rings (SSSR count). The third-order valence-electron chi connectivity index (χ3n) is 10.8. The Kier molecular flexibility index (Phi) is 5.04. The lowest BCUT2D eigenvalue weighted by atomic mass is 9.47. The van der Waals surface area contributed by atoms with Crippen LogP contribution in [0.2, 0.25) is 0 Å². The van der Waals surface area contributed by atoms with E-state index in [-0.39, 0.29) is 6.10 Å². The average Bonchev–Trinajstić information content (AvgIpc) is 3.06. The molecule has 3 saturated carbocycles. The van der Waals surface area contributed by atoms with Crippen LogP contribution in [-0.4, -0.2) is 23.5 Å². The smallest absolute Gasteiger partial charge is 0.0577 e. The van der Waals surface area contributed by atoms with Gasteiger partial charge in [0, 0.05) is 12.3 Å². The predicted molar refractivity (Wildman–Crippen MR) is 121 cm³/mol. The van der Waals surface area contributed by atoms with Gasteiger partial charge in [0.25, 0.3) is 0 Å². The molecule has 2 heteroatoms. The maximum Gasteiger partial charge on any atom is 0.0577 e. The summed E-state index contributed by atoms with van der Waals surface area (Å²) in [5, 5.41) is 10.2. The van der Waals surface area contributed by atoms with Crippen molar-refractivity contribution in [2.45, 2.75) is 98.0 Å². The van der Waals surface area contributed by atoms with Gasteiger partial charge < -0.3 is 5.11 Å². The van der Waals surface area contributed by atoms with Crippen LogP contribution in [0.15, 0.2) is 16.6 Å². The lowest BCUT2D eigenvalue weighted by Gasteiger charge is -2.58. The van der Waals surface area contributed by atoms with E-state index in [1.807, 2.05) is 0 Å². The maximum absolute atomic E-state index is 10.2. The van der Waals surface area contributed by atoms with Crippen LogP contribution in [0.5, 0.6) is 0 Å². The first kappa shape index (κ1) is 20.3. The first-order valence-corrected chi connectivity index (χ1v) is 12.7. The Bertz CT molecular complexity index is 709. The molecule has 4 unspecified atom stereocenters. The summed E-state index contributed by atoms with van der Waals surface area (Å²) in [5.41, 5.74) is 4.05. The van der Waals surface area contributed by atoms with Crippen molar-refractivity contribution in [3.05, 3.63) is 11.6 Å². The highest BCUT2D eigenvalue weighted by Crippen LogP contribution is 2.67. The Morgan fingerprint density at radius 2 is 1.90 bits per heavy atom. The van der Waals surface area contributed by atoms with Crippen LogP contribution in [0.1, 0.15) is 91.9 Å². The van der Waals surface area contributed by atoms with E-state index in [9.17, 15) is 5.11 Å². The molecule has 0 aromatic carbocycles. The summed E-state index contributed by atoms with van der Waals surface area (Å²) in [6, 6.07) is 0. The number of allylic oxidation sites excluding steroid dienone is 1. The zero-order chi connectivity index (χ0) is 20.4. The summed E-state index contributed by atoms with van der Waals surface area (Å²) in [6.07, 6.45) is 15.2. The number of nitrogens with zero attached hydrogens (tertiary/aromatic N) is 1. The van der Waals surface area contributed by atoms with Crippen molar-refractivity contribution < 1.29 is 5.11 Å². The molecule has 2 nitrogen and oxygen atoms in total. The molecule has 162 valence electrons. The van der Waals surface area contributed by atoms with Gasteiger partial charge in [-0.1, -0.05) is 39.3 Å². The molecular weight excluding hydrogens is 354 g/mol. The highest BCUT2D eigenvalue weighted by atomic mass is 16.3. The second-order valence-electron chi connectivity index (χ2n) is 12.1. The van der Waals surface area contributed by atoms with Gasteiger partial charge in [0.15, 0.2) is 0 Å². The van der Waals surface area contributed by atoms with E-state index in [1.54, 1.807) is 11.3 Å². The fraction of sp³-hybridized carbons (Fsp3) is 0.889. The number of aliphatic hydroxyl groups is 1. The van der Waals surface area contributed by atoms with Gasteiger partial charge in [-0.05, 0) is 111 Å². The van der Waals surface area contributed by atoms with Gasteiger partial charge in [0.05, 0.1) is 6.10 Å². The lowest BCUT2D eigenvalue weighted by Crippen LogP contribution is -2.51. The first-order chi connectivity index (χ1) is 13.8. The van der Waals surface area contributed by atoms with E-state index in [0.29, 0.717) is 16.7 Å². The summed E-state index contributed by atoms with van der Waals surface area (Å²) in [4.78, 5) is 5.06. The van der Waals surface area contributed by atoms with Gasteiger partial charge in [0.2, 0.25) is 0 Å². The minimum atomic E-state index is -0.0876. The summed E-state index contributed by atoms with van der Waals surface area (Å²) in [5.74, 6) is 4.94. The molecule has 0 bridgehead atoms. The Morgan fingerprint density at radius 1 is 1.07 bits per heavy atom. The van der Waals surface area contributed by atoms with Gasteiger partial charge in [-0.3, -0.25) is 4.99 Å². The number of aliphatic hydroxyl groups excluding tert-OH is 1. The zero-order valence-corrected chi connectivity index (χ0v) is 19.3. The van der Waals surface area contributed by atoms with E-state index >= 15 is 0 Å². The molecule has 5 aliphatic rings. The standard InChI is InChI=1S/C27H43NO/c1-17-5-10-25(28-16-17)18(2)22-8-9-23-21-7-6-19-15-20(29)11-13-26(19,3)24(21)12-14-27(22,23)4/h6,17-18,20-24,29H,5,7-16H2,1-4H3/t17?,18?,20?,21-,22?,23-,24-,26-,27+/m0/s1. The Labute approximate surface area is 178 Å². The van der Waals surface area contributed by atoms with Crippen LogP contribution in [0.25, 0.3) is 0 Å². The molecule has 0 radical (unpaired) electrons. The van der Waals surface area contributed by atoms with Crippen LogP contribution in [0.3, 0.4) is 0 Å². The van der Waals surface area contributed by atoms with Crippen LogP contribution in [0.4, 0.5) is 0 Å². The van der Waals surface area contributed by atoms with Crippen molar-refractivity contribution in [2.24, 2.45) is 51.3 Å². The summed E-state index contributed by atoms with van der Waals surface area (Å²) in [6.45, 7) is 11.2. The first-order valence-electron chi connectivity index (χ1n) is 12.7. The van der Waals surface area contributed by atoms with Gasteiger partial charge in [-0.2, -0.15) is 0 Å². The van der Waals surface area contributed by atoms with Crippen molar-refractivity contribution in [1.29, 1.82) is 0 Å². The second-order valence-corrected chi connectivity index (χ2v) is 12.1. The van der Waals surface area contributed by atoms with E-state index in [1.165, 1.54) is 51.4 Å². The number of hydrogen-bond acceptors (Lipinski definition) is 2. The molecule has 3 fully saturated rings. The fourth-order valence-corrected chi connectivity index (χ4v) is 8.95. The number of rotatable bonds is 2. The monoisotopic (exact) mass is 397 g/mol. The average molecular weight is 398 g/mol. The fourth-order valence-electron chi connectivity index (χ4n) is 8.95. The van der Waals surface area contributed by atoms with Crippen LogP contribution in [0, 0.1) is 46.3 Å². The molecule has 4 aliphatic carbocycles. The minimum absolute atomic E-state index is 0.0876. The largest absolute Gasteiger partial charge is 0.393 e. The molecule has 29 heavy (non-hydrogen) atoms. The molecule has 1 heterocycles. The van der Waals surface area contributed by atoms with Crippen molar-refractivity contribution in [1.82, 2.24) is 0 Å². The summed E-state index contributed by atoms with van der Waals surface area (Å²) >= 11 is 0. The number of hydrogen-bond donors (Lipinski definition) is 1. The van der Waals surface area contributed by atoms with Crippen LogP contribution >= 0.6 is 0 Å². The van der Waals surface area contributed by atoms with Crippen molar-refractivity contribution in [2.75, 3.05) is 6.54 Å². The van der Waals surface area contributed by atoms with Gasteiger partial charge >= 0.3 is 0 Å². The molecule has 1 N–H and O–H groups in total. The molecule has 9 atom stereocenters. The van der Waals surface area contributed by atoms with Crippen LogP contribution < -0.4 is 0 Å². The molecule has 0 spiro atoms. The lowest BCUT2D eigenvalue weighted by molar-refractivity contribution is -0.0532. The second kappa shape index (κ2) is 7.21. The third-order valence-corrected chi connectivity index (χ3v) is 10.8. The van der Waals surface area contributed by atoms with Gasteiger partial charge in [-0.25, -0.2) is 0 Å². The summed E-state index contributed by atoms with van der Waals surface area (Å²) < 4.78 is 0. The van der Waals surface area contributed by atoms with Gasteiger partial charge in [-0.15, -0.1) is 0 Å². The molecule has 0 amide bonds. The molecule has 1 aliphatic heterocycles. The van der Waals surface area contributed by atoms with Crippen molar-refractivity contribution in [3.63, 3.8) is 0 Å². The molecular formula is C27H43NO. The Balaban J connectivity index is 1.38. The molecule has 0 aromatic rings. The van der Waals surface area contributed by atoms with Crippen LogP contribution in [-0.2, 0) is 0 Å². The maximum atomic E-state index is 10.2. The quantitative estimate of drug-likeness (QED) is 0.535. The zero-order valence-electron chi connectivity index (χ0n) is 19.3. The molecule has 0 saturated heterocycles. The SMILES string of the molecule is CC1CCC(C(C)C2CC[C@H]3[C@@H]4CC=C5CC(O)CC[C@]5(C)[C@H]4CC[C@]23C)=NC1. The summed E-state index contributed by atoms with van der Waals surface area (Å²) in [7, 11) is 0. The Hall–Kier alpha value is -0.630. The number of aliphatic imine (C=N–C) groups is 1. The minimum Gasteiger partial charge on any atom is -0.393 e. The highest BCUT2D eigenvalue weighted by molar-refractivity contribution is 5.87. The Morgan fingerprint density at radius 3 is 2.66 bits per heavy atom. The van der Waals surface area contributed by atoms with E-state index in [4.69, 9.17) is 4.99 Å². The highest BCUT2D eigenvalue weighted by Gasteiger charge is 2.59. The van der Waals surface area contributed by atoms with Crippen molar-refractivity contribution >= 4 is 5.71 Å². The van der Waals surface area contributed by atoms with E-state index in [2.05, 4.69) is 33.8 Å². The van der Waals surface area contributed by atoms with E-state index < -0.39 is 0 Å².